The maximum absolute atomic E-state index is 4.78. The maximum atomic E-state index is 4.78. The second-order valence-corrected chi connectivity index (χ2v) is 11.7. The van der Waals surface area contributed by atoms with Gasteiger partial charge >= 0.3 is 0 Å². The number of benzene rings is 4. The van der Waals surface area contributed by atoms with E-state index in [1.54, 1.807) is 0 Å². The van der Waals surface area contributed by atoms with E-state index in [0.717, 1.165) is 21.8 Å². The fraction of sp³-hybridized carbons (Fsp3) is 0.0385. The molecule has 0 amide bonds. The summed E-state index contributed by atoms with van der Waals surface area (Å²) < 4.78 is 1.07. The number of halogens is 2. The first-order valence-corrected chi connectivity index (χ1v) is 12.7. The molecule has 31 heavy (non-hydrogen) atoms. The molecule has 0 aliphatic heterocycles. The summed E-state index contributed by atoms with van der Waals surface area (Å²) in [6, 6.07) is 39.1. The smallest absolute Gasteiger partial charge is 0.118 e. The van der Waals surface area contributed by atoms with Crippen LogP contribution in [0.15, 0.2) is 114 Å². The quantitative estimate of drug-likeness (QED) is 0.334. The molecule has 5 aromatic rings. The highest BCUT2D eigenvalue weighted by molar-refractivity contribution is 9.10. The van der Waals surface area contributed by atoms with Gasteiger partial charge in [0.1, 0.15) is 35.0 Å². The zero-order valence-corrected chi connectivity index (χ0v) is 20.8. The van der Waals surface area contributed by atoms with E-state index < -0.39 is 7.26 Å². The minimum atomic E-state index is -1.96. The zero-order chi connectivity index (χ0) is 20.4. The highest BCUT2D eigenvalue weighted by Crippen LogP contribution is 2.58. The average Bonchev–Trinajstić information content (AvgIpc) is 3.21. The molecule has 1 aromatic heterocycles. The summed E-state index contributed by atoms with van der Waals surface area (Å²) >= 11 is 3.63. The summed E-state index contributed by atoms with van der Waals surface area (Å²) in [6.07, 6.45) is 0.863. The summed E-state index contributed by atoms with van der Waals surface area (Å²) in [5.41, 5.74) is 2.18. The first-order valence-electron chi connectivity index (χ1n) is 9.95. The van der Waals surface area contributed by atoms with Crippen LogP contribution in [-0.4, -0.2) is 10.2 Å². The van der Waals surface area contributed by atoms with Crippen molar-refractivity contribution in [1.82, 2.24) is 10.2 Å². The number of fused-ring (bicyclic) bond motifs is 1. The molecule has 0 saturated heterocycles. The van der Waals surface area contributed by atoms with Crippen LogP contribution in [0.4, 0.5) is 0 Å². The summed E-state index contributed by atoms with van der Waals surface area (Å²) in [6.45, 7) is 0. The van der Waals surface area contributed by atoms with Crippen LogP contribution in [0, 0.1) is 0 Å². The summed E-state index contributed by atoms with van der Waals surface area (Å²) in [5, 5.41) is 13.3. The van der Waals surface area contributed by atoms with E-state index in [2.05, 4.69) is 130 Å². The van der Waals surface area contributed by atoms with Crippen LogP contribution in [0.5, 0.6) is 0 Å². The lowest BCUT2D eigenvalue weighted by molar-refractivity contribution is -0.00000575. The monoisotopic (exact) mass is 550 g/mol. The van der Waals surface area contributed by atoms with E-state index >= 15 is 0 Å². The van der Waals surface area contributed by atoms with Crippen LogP contribution in [0.1, 0.15) is 5.69 Å². The third kappa shape index (κ3) is 4.13. The average molecular weight is 552 g/mol. The van der Waals surface area contributed by atoms with E-state index in [1.165, 1.54) is 21.3 Å². The Kier molecular flexibility index (Phi) is 6.71. The van der Waals surface area contributed by atoms with Crippen molar-refractivity contribution in [3.05, 3.63) is 119 Å². The Balaban J connectivity index is 0.00000231. The molecule has 0 fully saturated rings. The predicted molar refractivity (Wildman–Crippen MR) is 133 cm³/mol. The van der Waals surface area contributed by atoms with E-state index in [4.69, 9.17) is 5.10 Å². The Hall–Kier alpha value is -2.26. The molecule has 4 aromatic carbocycles. The molecule has 5 heteroatoms. The van der Waals surface area contributed by atoms with Gasteiger partial charge in [0.2, 0.25) is 0 Å². The highest BCUT2D eigenvalue weighted by Gasteiger charge is 2.46. The maximum Gasteiger partial charge on any atom is 0.118 e. The number of hydrogen-bond acceptors (Lipinski definition) is 1. The lowest BCUT2D eigenvalue weighted by Gasteiger charge is -2.27. The number of nitrogens with one attached hydrogen (secondary N) is 1. The van der Waals surface area contributed by atoms with Crippen LogP contribution in [0.3, 0.4) is 0 Å². The van der Waals surface area contributed by atoms with Gasteiger partial charge in [0.25, 0.3) is 0 Å². The fourth-order valence-corrected chi connectivity index (χ4v) is 8.69. The van der Waals surface area contributed by atoms with Crippen molar-refractivity contribution in [2.75, 3.05) is 0 Å². The molecule has 154 valence electrons. The van der Waals surface area contributed by atoms with Crippen LogP contribution in [-0.2, 0) is 6.16 Å². The summed E-state index contributed by atoms with van der Waals surface area (Å²) in [4.78, 5) is 0. The second kappa shape index (κ2) is 9.48. The molecular formula is C26H21Br2N2P. The molecule has 5 rings (SSSR count). The lowest BCUT2D eigenvalue weighted by Crippen LogP contribution is -3.00. The van der Waals surface area contributed by atoms with Crippen LogP contribution in [0.2, 0.25) is 0 Å². The minimum absolute atomic E-state index is 0. The third-order valence-electron chi connectivity index (χ3n) is 5.58. The molecule has 0 aliphatic rings. The Morgan fingerprint density at radius 1 is 0.677 bits per heavy atom. The Labute approximate surface area is 202 Å². The number of hydrogen-bond donors (Lipinski definition) is 1. The van der Waals surface area contributed by atoms with Crippen LogP contribution >= 0.6 is 23.2 Å². The number of aromatic amines is 1. The van der Waals surface area contributed by atoms with Crippen LogP contribution < -0.4 is 32.9 Å². The number of rotatable bonds is 5. The predicted octanol–water partition coefficient (Wildman–Crippen LogP) is 2.82. The number of aromatic nitrogens is 2. The molecule has 2 nitrogen and oxygen atoms in total. The topological polar surface area (TPSA) is 28.7 Å². The molecule has 0 aliphatic carbocycles. The molecule has 0 saturated carbocycles. The van der Waals surface area contributed by atoms with Gasteiger partial charge in [-0.15, -0.1) is 0 Å². The minimum Gasteiger partial charge on any atom is -1.00 e. The van der Waals surface area contributed by atoms with E-state index in [1.807, 2.05) is 0 Å². The SMILES string of the molecule is Brc1ccc2[nH]nc(C[P+](c3ccccc3)(c3ccccc3)c3ccccc3)c2c1.[Br-]. The molecule has 1 N–H and O–H groups in total. The van der Waals surface area contributed by atoms with Crippen molar-refractivity contribution >= 4 is 50.0 Å². The fourth-order valence-electron chi connectivity index (χ4n) is 4.15. The molecular weight excluding hydrogens is 531 g/mol. The van der Waals surface area contributed by atoms with Gasteiger partial charge < -0.3 is 17.0 Å². The normalized spacial score (nSPS) is 11.3. The van der Waals surface area contributed by atoms with Crippen molar-refractivity contribution in [1.29, 1.82) is 0 Å². The van der Waals surface area contributed by atoms with E-state index in [-0.39, 0.29) is 17.0 Å². The molecule has 0 spiro atoms. The summed E-state index contributed by atoms with van der Waals surface area (Å²) in [7, 11) is -1.96. The van der Waals surface area contributed by atoms with Gasteiger partial charge in [0, 0.05) is 9.86 Å². The molecule has 0 bridgehead atoms. The summed E-state index contributed by atoms with van der Waals surface area (Å²) in [5.74, 6) is 0. The van der Waals surface area contributed by atoms with E-state index in [0.29, 0.717) is 0 Å². The van der Waals surface area contributed by atoms with Gasteiger partial charge in [-0.25, -0.2) is 0 Å². The van der Waals surface area contributed by atoms with Gasteiger partial charge in [-0.05, 0) is 54.6 Å². The molecule has 0 unspecified atom stereocenters. The van der Waals surface area contributed by atoms with Crippen molar-refractivity contribution < 1.29 is 17.0 Å². The second-order valence-electron chi connectivity index (χ2n) is 7.33. The standard InChI is InChI=1S/C26H21BrN2P.BrH/c27-20-16-17-25-24(18-20)26(29-28-25)19-30(21-10-4-1-5-11-21,22-12-6-2-7-13-22)23-14-8-3-9-15-23;/h1-18H,19H2,(H,28,29);1H/q+1;/p-1. The van der Waals surface area contributed by atoms with Gasteiger partial charge in [0.05, 0.1) is 5.52 Å². The van der Waals surface area contributed by atoms with Crippen LogP contribution in [0.25, 0.3) is 10.9 Å². The molecule has 0 atom stereocenters. The van der Waals surface area contributed by atoms with Gasteiger partial charge in [-0.1, -0.05) is 70.5 Å². The Morgan fingerprint density at radius 2 is 1.16 bits per heavy atom. The van der Waals surface area contributed by atoms with Crippen molar-refractivity contribution in [2.45, 2.75) is 6.16 Å². The number of nitrogens with zero attached hydrogens (tertiary/aromatic N) is 1. The van der Waals surface area contributed by atoms with Crippen molar-refractivity contribution in [2.24, 2.45) is 0 Å². The van der Waals surface area contributed by atoms with Gasteiger partial charge in [0.15, 0.2) is 0 Å². The first kappa shape index (κ1) is 22.0. The lowest BCUT2D eigenvalue weighted by atomic mass is 10.2. The zero-order valence-electron chi connectivity index (χ0n) is 16.7. The largest absolute Gasteiger partial charge is 1.00 e. The van der Waals surface area contributed by atoms with Gasteiger partial charge in [-0.3, -0.25) is 5.10 Å². The third-order valence-corrected chi connectivity index (χ3v) is 10.4. The molecule has 1 heterocycles. The number of H-pyrrole nitrogens is 1. The molecule has 0 radical (unpaired) electrons. The van der Waals surface area contributed by atoms with Crippen molar-refractivity contribution in [3.63, 3.8) is 0 Å². The highest BCUT2D eigenvalue weighted by atomic mass is 79.9. The Morgan fingerprint density at radius 3 is 1.65 bits per heavy atom. The Bertz CT molecular complexity index is 1180. The van der Waals surface area contributed by atoms with E-state index in [9.17, 15) is 0 Å². The van der Waals surface area contributed by atoms with Crippen molar-refractivity contribution in [3.8, 4) is 0 Å². The van der Waals surface area contributed by atoms with Gasteiger partial charge in [-0.2, -0.15) is 5.10 Å². The first-order chi connectivity index (χ1) is 14.8.